The van der Waals surface area contributed by atoms with E-state index in [0.717, 1.165) is 12.0 Å². The molecule has 13 nitrogen and oxygen atoms in total. The summed E-state index contributed by atoms with van der Waals surface area (Å²) in [6, 6.07) is 0. The second-order valence-electron chi connectivity index (χ2n) is 9.67. The molecule has 206 valence electrons. The molecule has 2 saturated heterocycles. The van der Waals surface area contributed by atoms with E-state index in [1.165, 1.54) is 0 Å². The number of carbonyl (C=O) groups excluding carboxylic acids is 2. The SMILES string of the molecule is Nc1nc(N)c(C(=O)/N=C2\NCC3(CCN(C(=O)CCCc4nc(C5=CCC(Cl)C=C5)no4)CC3)N2)nc1Cl. The summed E-state index contributed by atoms with van der Waals surface area (Å²) >= 11 is 11.9. The van der Waals surface area contributed by atoms with Gasteiger partial charge in [-0.3, -0.25) is 9.59 Å². The Hall–Kier alpha value is -3.71. The molecular formula is C24H28Cl2N10O3. The fourth-order valence-corrected chi connectivity index (χ4v) is 4.97. The zero-order valence-corrected chi connectivity index (χ0v) is 22.5. The fraction of sp³-hybridized carbons (Fsp3) is 0.458. The van der Waals surface area contributed by atoms with Crippen LogP contribution in [0.25, 0.3) is 5.57 Å². The first-order valence-corrected chi connectivity index (χ1v) is 13.4. The Morgan fingerprint density at radius 2 is 2.00 bits per heavy atom. The Morgan fingerprint density at radius 3 is 2.74 bits per heavy atom. The minimum Gasteiger partial charge on any atom is -0.382 e. The van der Waals surface area contributed by atoms with Crippen molar-refractivity contribution < 1.29 is 14.1 Å². The summed E-state index contributed by atoms with van der Waals surface area (Å²) in [6.45, 7) is 1.75. The maximum absolute atomic E-state index is 12.8. The molecule has 4 heterocycles. The third-order valence-corrected chi connectivity index (χ3v) is 7.53. The van der Waals surface area contributed by atoms with Gasteiger partial charge in [-0.1, -0.05) is 35.0 Å². The highest BCUT2D eigenvalue weighted by Crippen LogP contribution is 2.26. The number of nitrogens with zero attached hydrogens (tertiary/aromatic N) is 6. The van der Waals surface area contributed by atoms with Crippen LogP contribution in [-0.2, 0) is 11.2 Å². The number of aliphatic imine (C=N–C) groups is 1. The molecule has 39 heavy (non-hydrogen) atoms. The van der Waals surface area contributed by atoms with E-state index in [2.05, 4.69) is 35.7 Å². The molecular weight excluding hydrogens is 547 g/mol. The van der Waals surface area contributed by atoms with E-state index in [-0.39, 0.29) is 39.3 Å². The number of hydrogen-bond donors (Lipinski definition) is 4. The van der Waals surface area contributed by atoms with E-state index in [1.54, 1.807) is 0 Å². The first kappa shape index (κ1) is 26.9. The van der Waals surface area contributed by atoms with Gasteiger partial charge in [0.05, 0.1) is 10.9 Å². The van der Waals surface area contributed by atoms with Gasteiger partial charge in [-0.05, 0) is 25.7 Å². The number of aryl methyl sites for hydroxylation is 1. The van der Waals surface area contributed by atoms with Crippen molar-refractivity contribution in [2.45, 2.75) is 49.4 Å². The summed E-state index contributed by atoms with van der Waals surface area (Å²) in [5.41, 5.74) is 11.7. The smallest absolute Gasteiger partial charge is 0.302 e. The molecule has 2 aromatic heterocycles. The lowest BCUT2D eigenvalue weighted by Gasteiger charge is -2.38. The lowest BCUT2D eigenvalue weighted by molar-refractivity contribution is -0.132. The molecule has 1 unspecified atom stereocenters. The molecule has 3 aliphatic rings. The Labute approximate surface area is 234 Å². The number of amides is 2. The number of allylic oxidation sites excluding steroid dienone is 4. The van der Waals surface area contributed by atoms with Gasteiger partial charge in [0.1, 0.15) is 0 Å². The molecule has 1 atom stereocenters. The summed E-state index contributed by atoms with van der Waals surface area (Å²) in [4.78, 5) is 43.4. The van der Waals surface area contributed by atoms with E-state index >= 15 is 0 Å². The number of aromatic nitrogens is 4. The molecule has 0 saturated carbocycles. The Kier molecular flexibility index (Phi) is 7.71. The van der Waals surface area contributed by atoms with Crippen molar-refractivity contribution in [1.82, 2.24) is 35.6 Å². The summed E-state index contributed by atoms with van der Waals surface area (Å²) in [7, 11) is 0. The number of nitrogens with two attached hydrogens (primary N) is 2. The van der Waals surface area contributed by atoms with Crippen molar-refractivity contribution in [3.05, 3.63) is 40.8 Å². The number of guanidine groups is 1. The van der Waals surface area contributed by atoms with Gasteiger partial charge >= 0.3 is 5.91 Å². The van der Waals surface area contributed by atoms with Crippen LogP contribution in [0.3, 0.4) is 0 Å². The van der Waals surface area contributed by atoms with Crippen LogP contribution in [0, 0.1) is 0 Å². The first-order chi connectivity index (χ1) is 18.7. The molecule has 6 N–H and O–H groups in total. The lowest BCUT2D eigenvalue weighted by Crippen LogP contribution is -2.53. The van der Waals surface area contributed by atoms with Gasteiger partial charge in [0.15, 0.2) is 28.4 Å². The van der Waals surface area contributed by atoms with Gasteiger partial charge in [-0.15, -0.1) is 11.6 Å². The van der Waals surface area contributed by atoms with E-state index in [1.807, 2.05) is 23.1 Å². The van der Waals surface area contributed by atoms with E-state index < -0.39 is 5.91 Å². The molecule has 1 aliphatic carbocycles. The average Bonchev–Trinajstić information content (AvgIpc) is 3.54. The highest BCUT2D eigenvalue weighted by atomic mass is 35.5. The second kappa shape index (κ2) is 11.2. The maximum atomic E-state index is 12.8. The molecule has 2 aliphatic heterocycles. The van der Waals surface area contributed by atoms with E-state index in [0.29, 0.717) is 69.4 Å². The zero-order valence-electron chi connectivity index (χ0n) is 21.0. The molecule has 1 spiro atoms. The predicted molar refractivity (Wildman–Crippen MR) is 146 cm³/mol. The van der Waals surface area contributed by atoms with Crippen LogP contribution in [0.5, 0.6) is 0 Å². The van der Waals surface area contributed by atoms with Crippen molar-refractivity contribution in [1.29, 1.82) is 0 Å². The summed E-state index contributed by atoms with van der Waals surface area (Å²) < 4.78 is 5.35. The monoisotopic (exact) mass is 574 g/mol. The lowest BCUT2D eigenvalue weighted by atomic mass is 9.88. The van der Waals surface area contributed by atoms with E-state index in [9.17, 15) is 9.59 Å². The van der Waals surface area contributed by atoms with Crippen LogP contribution in [0.2, 0.25) is 5.15 Å². The minimum absolute atomic E-state index is 0.00789. The standard InChI is InChI=1S/C24H28Cl2N10O3/c25-14-6-4-13(5-7-14)21-30-15(39-35-21)2-1-3-16(37)36-10-8-24(9-11-36)12-29-23(34-24)33-22(38)17-19(27)32-20(28)18(26)31-17/h4-6,14H,1-3,7-12H2,(H4,27,28,32)(H2,29,33,34,38). The van der Waals surface area contributed by atoms with Gasteiger partial charge < -0.3 is 31.5 Å². The molecule has 2 aromatic rings. The Bertz CT molecular complexity index is 1360. The van der Waals surface area contributed by atoms with Crippen molar-refractivity contribution in [3.8, 4) is 0 Å². The Balaban J connectivity index is 1.08. The van der Waals surface area contributed by atoms with Crippen molar-refractivity contribution >= 4 is 58.2 Å². The van der Waals surface area contributed by atoms with Gasteiger partial charge in [0.25, 0.3) is 0 Å². The molecule has 0 aromatic carbocycles. The highest BCUT2D eigenvalue weighted by molar-refractivity contribution is 6.31. The number of piperidine rings is 1. The number of halogens is 2. The summed E-state index contributed by atoms with van der Waals surface area (Å²) in [5, 5.41) is 10.3. The van der Waals surface area contributed by atoms with Crippen LogP contribution >= 0.6 is 23.2 Å². The molecule has 2 fully saturated rings. The third-order valence-electron chi connectivity index (χ3n) is 6.93. The van der Waals surface area contributed by atoms with E-state index in [4.69, 9.17) is 39.2 Å². The van der Waals surface area contributed by atoms with Gasteiger partial charge in [0, 0.05) is 38.0 Å². The third kappa shape index (κ3) is 6.14. The molecule has 2 amide bonds. The van der Waals surface area contributed by atoms with Crippen LogP contribution < -0.4 is 22.1 Å². The minimum atomic E-state index is -0.689. The van der Waals surface area contributed by atoms with Crippen molar-refractivity contribution in [3.63, 3.8) is 0 Å². The average molecular weight is 575 g/mol. The molecule has 15 heteroatoms. The molecule has 5 rings (SSSR count). The largest absolute Gasteiger partial charge is 0.382 e. The normalized spacial score (nSPS) is 21.1. The number of nitrogens with one attached hydrogen (secondary N) is 2. The fourth-order valence-electron chi connectivity index (χ4n) is 4.68. The highest BCUT2D eigenvalue weighted by Gasteiger charge is 2.40. The van der Waals surface area contributed by atoms with Crippen LogP contribution in [-0.4, -0.2) is 73.3 Å². The van der Waals surface area contributed by atoms with Crippen LogP contribution in [0.4, 0.5) is 11.6 Å². The van der Waals surface area contributed by atoms with Crippen molar-refractivity contribution in [2.24, 2.45) is 4.99 Å². The van der Waals surface area contributed by atoms with Crippen LogP contribution in [0.15, 0.2) is 27.7 Å². The molecule has 0 bridgehead atoms. The topological polar surface area (TPSA) is 191 Å². The van der Waals surface area contributed by atoms with Gasteiger partial charge in [-0.2, -0.15) is 9.98 Å². The summed E-state index contributed by atoms with van der Waals surface area (Å²) in [6.07, 6.45) is 9.44. The Morgan fingerprint density at radius 1 is 1.21 bits per heavy atom. The number of carbonyl (C=O) groups is 2. The quantitative estimate of drug-likeness (QED) is 0.367. The van der Waals surface area contributed by atoms with Gasteiger partial charge in [0.2, 0.25) is 17.6 Å². The number of hydrogen-bond acceptors (Lipinski definition) is 9. The number of nitrogen functional groups attached to an aromatic ring is 2. The predicted octanol–water partition coefficient (Wildman–Crippen LogP) is 1.70. The number of rotatable bonds is 6. The maximum Gasteiger partial charge on any atom is 0.302 e. The zero-order chi connectivity index (χ0) is 27.6. The van der Waals surface area contributed by atoms with Gasteiger partial charge in [-0.25, -0.2) is 9.97 Å². The van der Waals surface area contributed by atoms with Crippen LogP contribution in [0.1, 0.15) is 54.3 Å². The second-order valence-corrected chi connectivity index (χ2v) is 10.6. The number of alkyl halides is 1. The molecule has 0 radical (unpaired) electrons. The first-order valence-electron chi connectivity index (χ1n) is 12.6. The summed E-state index contributed by atoms with van der Waals surface area (Å²) in [5.74, 6) is 0.549. The number of anilines is 2. The van der Waals surface area contributed by atoms with Crippen molar-refractivity contribution in [2.75, 3.05) is 31.1 Å². The number of likely N-dealkylation sites (tertiary alicyclic amines) is 1.